The summed E-state index contributed by atoms with van der Waals surface area (Å²) >= 11 is 0. The van der Waals surface area contributed by atoms with Crippen LogP contribution < -0.4 is 4.74 Å². The van der Waals surface area contributed by atoms with E-state index in [2.05, 4.69) is 25.0 Å². The molecule has 0 aliphatic carbocycles. The SMILES string of the molecule is COc1nc(N=[N+]=[N-])nc(-c2ccc(O)c3ccccc23)n1. The molecule has 8 heteroatoms. The normalized spacial score (nSPS) is 10.2. The predicted octanol–water partition coefficient (Wildman–Crippen LogP) is 3.35. The lowest BCUT2D eigenvalue weighted by atomic mass is 10.0. The van der Waals surface area contributed by atoms with Gasteiger partial charge >= 0.3 is 6.01 Å². The number of fused-ring (bicyclic) bond motifs is 1. The number of azide groups is 1. The number of ether oxygens (including phenoxy) is 1. The Morgan fingerprint density at radius 3 is 2.59 bits per heavy atom. The molecule has 0 fully saturated rings. The first kappa shape index (κ1) is 13.6. The van der Waals surface area contributed by atoms with Gasteiger partial charge in [0.25, 0.3) is 0 Å². The van der Waals surface area contributed by atoms with Crippen molar-refractivity contribution in [2.75, 3.05) is 7.11 Å². The van der Waals surface area contributed by atoms with Crippen LogP contribution in [0.2, 0.25) is 0 Å². The van der Waals surface area contributed by atoms with Gasteiger partial charge in [0, 0.05) is 15.9 Å². The number of phenols is 1. The Bertz CT molecular complexity index is 905. The van der Waals surface area contributed by atoms with Crippen LogP contribution >= 0.6 is 0 Å². The van der Waals surface area contributed by atoms with Crippen molar-refractivity contribution in [1.82, 2.24) is 15.0 Å². The van der Waals surface area contributed by atoms with Crippen molar-refractivity contribution >= 4 is 16.7 Å². The van der Waals surface area contributed by atoms with E-state index in [9.17, 15) is 5.11 Å². The van der Waals surface area contributed by atoms with Crippen LogP contribution in [0.3, 0.4) is 0 Å². The van der Waals surface area contributed by atoms with Crippen molar-refractivity contribution in [2.45, 2.75) is 0 Å². The van der Waals surface area contributed by atoms with E-state index in [1.807, 2.05) is 18.2 Å². The van der Waals surface area contributed by atoms with Gasteiger partial charge in [-0.1, -0.05) is 24.3 Å². The van der Waals surface area contributed by atoms with Crippen molar-refractivity contribution in [2.24, 2.45) is 5.11 Å². The summed E-state index contributed by atoms with van der Waals surface area (Å²) in [6.07, 6.45) is 0. The fourth-order valence-corrected chi connectivity index (χ4v) is 2.12. The zero-order chi connectivity index (χ0) is 15.5. The van der Waals surface area contributed by atoms with Gasteiger partial charge in [-0.25, -0.2) is 4.98 Å². The Kier molecular flexibility index (Phi) is 3.43. The van der Waals surface area contributed by atoms with E-state index in [0.717, 1.165) is 5.39 Å². The molecule has 3 rings (SSSR count). The first-order chi connectivity index (χ1) is 10.7. The molecule has 0 amide bonds. The fourth-order valence-electron chi connectivity index (χ4n) is 2.12. The predicted molar refractivity (Wildman–Crippen MR) is 79.8 cm³/mol. The van der Waals surface area contributed by atoms with Gasteiger partial charge < -0.3 is 9.84 Å². The van der Waals surface area contributed by atoms with Crippen molar-refractivity contribution in [3.8, 4) is 23.1 Å². The summed E-state index contributed by atoms with van der Waals surface area (Å²) < 4.78 is 5.00. The van der Waals surface area contributed by atoms with Crippen LogP contribution in [-0.4, -0.2) is 27.2 Å². The summed E-state index contributed by atoms with van der Waals surface area (Å²) in [5, 5.41) is 14.8. The Labute approximate surface area is 124 Å². The maximum atomic E-state index is 9.94. The van der Waals surface area contributed by atoms with Crippen molar-refractivity contribution < 1.29 is 9.84 Å². The number of nitrogens with zero attached hydrogens (tertiary/aromatic N) is 6. The minimum absolute atomic E-state index is 0.0459. The zero-order valence-electron chi connectivity index (χ0n) is 11.5. The molecule has 0 spiro atoms. The first-order valence-electron chi connectivity index (χ1n) is 6.29. The highest BCUT2D eigenvalue weighted by Crippen LogP contribution is 2.33. The third-order valence-electron chi connectivity index (χ3n) is 3.06. The van der Waals surface area contributed by atoms with Gasteiger partial charge in [-0.15, -0.1) is 0 Å². The van der Waals surface area contributed by atoms with Crippen LogP contribution in [0.15, 0.2) is 41.5 Å². The molecule has 0 atom stereocenters. The van der Waals surface area contributed by atoms with Crippen LogP contribution in [0.5, 0.6) is 11.8 Å². The Morgan fingerprint density at radius 2 is 1.86 bits per heavy atom. The second kappa shape index (κ2) is 5.55. The summed E-state index contributed by atoms with van der Waals surface area (Å²) in [6.45, 7) is 0. The van der Waals surface area contributed by atoms with Crippen molar-refractivity contribution in [1.29, 1.82) is 0 Å². The number of aromatic nitrogens is 3. The molecule has 3 aromatic rings. The number of aromatic hydroxyl groups is 1. The van der Waals surface area contributed by atoms with Crippen molar-refractivity contribution in [3.63, 3.8) is 0 Å². The number of rotatable bonds is 3. The molecule has 0 unspecified atom stereocenters. The van der Waals surface area contributed by atoms with E-state index < -0.39 is 0 Å². The molecule has 8 nitrogen and oxygen atoms in total. The molecular weight excluding hydrogens is 284 g/mol. The summed E-state index contributed by atoms with van der Waals surface area (Å²) in [5.74, 6) is 0.377. The van der Waals surface area contributed by atoms with E-state index in [1.54, 1.807) is 18.2 Å². The van der Waals surface area contributed by atoms with Gasteiger partial charge in [0.1, 0.15) is 5.75 Å². The number of phenolic OH excluding ortho intramolecular Hbond substituents is 1. The summed E-state index contributed by atoms with van der Waals surface area (Å²) in [7, 11) is 1.41. The van der Waals surface area contributed by atoms with Gasteiger partial charge in [0.05, 0.1) is 7.11 Å². The number of hydrogen-bond donors (Lipinski definition) is 1. The van der Waals surface area contributed by atoms with Crippen LogP contribution in [0.25, 0.3) is 32.6 Å². The van der Waals surface area contributed by atoms with E-state index in [1.165, 1.54) is 7.11 Å². The largest absolute Gasteiger partial charge is 0.507 e. The topological polar surface area (TPSA) is 117 Å². The molecule has 1 N–H and O–H groups in total. The van der Waals surface area contributed by atoms with Crippen LogP contribution in [0.4, 0.5) is 5.95 Å². The Balaban J connectivity index is 2.29. The number of hydrogen-bond acceptors (Lipinski definition) is 6. The monoisotopic (exact) mass is 294 g/mol. The highest BCUT2D eigenvalue weighted by atomic mass is 16.5. The molecule has 0 aliphatic rings. The smallest absolute Gasteiger partial charge is 0.320 e. The molecule has 1 aromatic heterocycles. The van der Waals surface area contributed by atoms with E-state index in [4.69, 9.17) is 10.3 Å². The lowest BCUT2D eigenvalue weighted by Gasteiger charge is -2.08. The van der Waals surface area contributed by atoms with Crippen LogP contribution in [0.1, 0.15) is 0 Å². The minimum atomic E-state index is -0.0819. The third-order valence-corrected chi connectivity index (χ3v) is 3.06. The molecule has 22 heavy (non-hydrogen) atoms. The molecule has 0 saturated heterocycles. The molecule has 0 saturated carbocycles. The molecule has 0 bridgehead atoms. The highest BCUT2D eigenvalue weighted by molar-refractivity contribution is 5.98. The number of benzene rings is 2. The van der Waals surface area contributed by atoms with Gasteiger partial charge in [-0.3, -0.25) is 0 Å². The van der Waals surface area contributed by atoms with Crippen molar-refractivity contribution in [3.05, 3.63) is 46.8 Å². The van der Waals surface area contributed by atoms with Crippen LogP contribution in [-0.2, 0) is 0 Å². The third kappa shape index (κ3) is 2.34. The maximum Gasteiger partial charge on any atom is 0.320 e. The molecular formula is C14H10N6O2. The highest BCUT2D eigenvalue weighted by Gasteiger charge is 2.12. The lowest BCUT2D eigenvalue weighted by molar-refractivity contribution is 0.379. The summed E-state index contributed by atoms with van der Waals surface area (Å²) in [6, 6.07) is 10.6. The molecule has 0 aliphatic heterocycles. The average molecular weight is 294 g/mol. The van der Waals surface area contributed by atoms with Gasteiger partial charge in [0.2, 0.25) is 5.95 Å². The molecule has 108 valence electrons. The summed E-state index contributed by atoms with van der Waals surface area (Å²) in [5.41, 5.74) is 9.21. The lowest BCUT2D eigenvalue weighted by Crippen LogP contribution is -1.97. The maximum absolute atomic E-state index is 9.94. The first-order valence-corrected chi connectivity index (χ1v) is 6.29. The molecule has 1 heterocycles. The Morgan fingerprint density at radius 1 is 1.09 bits per heavy atom. The van der Waals surface area contributed by atoms with Gasteiger partial charge in [0.15, 0.2) is 5.82 Å². The van der Waals surface area contributed by atoms with E-state index >= 15 is 0 Å². The fraction of sp³-hybridized carbons (Fsp3) is 0.0714. The zero-order valence-corrected chi connectivity index (χ0v) is 11.5. The van der Waals surface area contributed by atoms with Gasteiger partial charge in [-0.05, 0) is 28.2 Å². The standard InChI is InChI=1S/C14H10N6O2/c1-22-14-17-12(16-13(18-14)19-20-15)10-6-7-11(21)9-5-3-2-4-8(9)10/h2-7,21H,1H3. The van der Waals surface area contributed by atoms with Crippen LogP contribution in [0, 0.1) is 0 Å². The minimum Gasteiger partial charge on any atom is -0.507 e. The quantitative estimate of drug-likeness (QED) is 0.451. The second-order valence-corrected chi connectivity index (χ2v) is 4.31. The number of methoxy groups -OCH3 is 1. The molecule has 0 radical (unpaired) electrons. The van der Waals surface area contributed by atoms with E-state index in [0.29, 0.717) is 16.8 Å². The second-order valence-electron chi connectivity index (χ2n) is 4.31. The summed E-state index contributed by atoms with van der Waals surface area (Å²) in [4.78, 5) is 14.8. The van der Waals surface area contributed by atoms with E-state index in [-0.39, 0.29) is 17.7 Å². The van der Waals surface area contributed by atoms with Gasteiger partial charge in [-0.2, -0.15) is 9.97 Å². The molecule has 2 aromatic carbocycles. The average Bonchev–Trinajstić information content (AvgIpc) is 2.55. The Hall–Kier alpha value is -3.38.